The van der Waals surface area contributed by atoms with Crippen molar-refractivity contribution in [1.29, 1.82) is 0 Å². The highest BCUT2D eigenvalue weighted by Crippen LogP contribution is 2.32. The van der Waals surface area contributed by atoms with E-state index in [2.05, 4.69) is 16.8 Å². The summed E-state index contributed by atoms with van der Waals surface area (Å²) in [6, 6.07) is 14.7. The monoisotopic (exact) mass is 504 g/mol. The molecule has 2 aromatic carbocycles. The number of carbonyl (C=O) groups is 3. The molecule has 1 fully saturated rings. The molecule has 186 valence electrons. The van der Waals surface area contributed by atoms with E-state index in [1.165, 1.54) is 0 Å². The highest BCUT2D eigenvalue weighted by Gasteiger charge is 2.22. The first-order valence-corrected chi connectivity index (χ1v) is 12.2. The minimum atomic E-state index is -0.718. The fraction of sp³-hybridized carbons (Fsp3) is 0.250. The van der Waals surface area contributed by atoms with Gasteiger partial charge in [0.05, 0.1) is 17.8 Å². The fourth-order valence-electron chi connectivity index (χ4n) is 4.62. The van der Waals surface area contributed by atoms with Crippen molar-refractivity contribution in [3.05, 3.63) is 88.2 Å². The Hall–Kier alpha value is -3.84. The Kier molecular flexibility index (Phi) is 7.31. The summed E-state index contributed by atoms with van der Waals surface area (Å²) in [5, 5.41) is 3.51. The summed E-state index contributed by atoms with van der Waals surface area (Å²) in [5.74, 6) is -1.28. The second kappa shape index (κ2) is 10.4. The molecule has 7 nitrogen and oxygen atoms in total. The summed E-state index contributed by atoms with van der Waals surface area (Å²) in [6.07, 6.45) is 1.90. The molecular formula is C28H29ClN4O3. The minimum absolute atomic E-state index is 0.0251. The number of primary amides is 1. The molecule has 1 aliphatic rings. The van der Waals surface area contributed by atoms with E-state index < -0.39 is 11.8 Å². The maximum Gasteiger partial charge on any atom is 0.244 e. The van der Waals surface area contributed by atoms with Gasteiger partial charge in [-0.05, 0) is 75.2 Å². The van der Waals surface area contributed by atoms with Gasteiger partial charge in [-0.25, -0.2) is 0 Å². The van der Waals surface area contributed by atoms with Gasteiger partial charge in [0.2, 0.25) is 11.8 Å². The number of anilines is 2. The number of hydrogen-bond acceptors (Lipinski definition) is 4. The van der Waals surface area contributed by atoms with Gasteiger partial charge in [0, 0.05) is 51.9 Å². The topological polar surface area (TPSA) is 97.4 Å². The number of nitrogens with two attached hydrogens (primary N) is 1. The lowest BCUT2D eigenvalue weighted by molar-refractivity contribution is -0.119. The van der Waals surface area contributed by atoms with Crippen LogP contribution < -0.4 is 16.0 Å². The molecule has 0 atom stereocenters. The van der Waals surface area contributed by atoms with Gasteiger partial charge >= 0.3 is 0 Å². The van der Waals surface area contributed by atoms with E-state index in [1.807, 2.05) is 54.8 Å². The minimum Gasteiger partial charge on any atom is -0.370 e. The molecule has 1 aromatic heterocycles. The van der Waals surface area contributed by atoms with Crippen molar-refractivity contribution < 1.29 is 14.4 Å². The molecule has 4 rings (SSSR count). The molecule has 0 saturated carbocycles. The van der Waals surface area contributed by atoms with Crippen LogP contribution in [0.5, 0.6) is 0 Å². The van der Waals surface area contributed by atoms with Crippen LogP contribution in [0.2, 0.25) is 5.02 Å². The van der Waals surface area contributed by atoms with Crippen LogP contribution in [-0.4, -0.2) is 35.3 Å². The first-order chi connectivity index (χ1) is 17.2. The van der Waals surface area contributed by atoms with Crippen LogP contribution in [0.15, 0.2) is 60.7 Å². The van der Waals surface area contributed by atoms with Crippen LogP contribution >= 0.6 is 11.6 Å². The number of nitrogens with one attached hydrogen (secondary N) is 1. The average Bonchev–Trinajstić information content (AvgIpc) is 3.47. The summed E-state index contributed by atoms with van der Waals surface area (Å²) < 4.78 is 2.01. The summed E-state index contributed by atoms with van der Waals surface area (Å²) in [5.41, 5.74) is 10.3. The van der Waals surface area contributed by atoms with Gasteiger partial charge in [-0.2, -0.15) is 0 Å². The Balaban J connectivity index is 1.68. The fourth-order valence-corrected chi connectivity index (χ4v) is 4.75. The number of rotatable bonds is 8. The molecule has 8 heteroatoms. The average molecular weight is 505 g/mol. The van der Waals surface area contributed by atoms with Gasteiger partial charge in [-0.15, -0.1) is 0 Å². The summed E-state index contributed by atoms with van der Waals surface area (Å²) in [6.45, 7) is 9.16. The SMILES string of the molecule is C=C(CC(=O)Nc1cc(C(=O)c2cc(C)n(-c3ccc(Cl)cc3)c2C)ccc1N1CCCC1)C(N)=O. The molecule has 0 unspecified atom stereocenters. The van der Waals surface area contributed by atoms with E-state index in [0.717, 1.165) is 48.7 Å². The molecule has 2 amide bonds. The standard InChI is InChI=1S/C28H29ClN4O3/c1-17(28(30)36)14-26(34)31-24-16-20(6-11-25(24)32-12-4-5-13-32)27(35)23-15-18(2)33(19(23)3)22-9-7-21(29)8-10-22/h6-11,15-16H,1,4-5,12-14H2,2-3H3,(H2,30,36)(H,31,34). The van der Waals surface area contributed by atoms with Gasteiger partial charge in [-0.1, -0.05) is 18.2 Å². The van der Waals surface area contributed by atoms with Gasteiger partial charge in [0.1, 0.15) is 0 Å². The Bertz CT molecular complexity index is 1350. The van der Waals surface area contributed by atoms with E-state index in [1.54, 1.807) is 12.1 Å². The number of benzene rings is 2. The number of carbonyl (C=O) groups excluding carboxylic acids is 3. The molecule has 36 heavy (non-hydrogen) atoms. The maximum atomic E-state index is 13.6. The van der Waals surface area contributed by atoms with Crippen molar-refractivity contribution >= 4 is 40.6 Å². The summed E-state index contributed by atoms with van der Waals surface area (Å²) in [7, 11) is 0. The predicted octanol–water partition coefficient (Wildman–Crippen LogP) is 4.95. The molecule has 3 N–H and O–H groups in total. The van der Waals surface area contributed by atoms with Gasteiger partial charge < -0.3 is 20.5 Å². The first kappa shape index (κ1) is 25.3. The number of amides is 2. The summed E-state index contributed by atoms with van der Waals surface area (Å²) >= 11 is 6.04. The van der Waals surface area contributed by atoms with Crippen molar-refractivity contribution in [1.82, 2.24) is 4.57 Å². The third-order valence-electron chi connectivity index (χ3n) is 6.46. The van der Waals surface area contributed by atoms with E-state index >= 15 is 0 Å². The zero-order chi connectivity index (χ0) is 26.0. The van der Waals surface area contributed by atoms with Crippen LogP contribution in [-0.2, 0) is 9.59 Å². The number of aromatic nitrogens is 1. The first-order valence-electron chi connectivity index (χ1n) is 11.8. The Morgan fingerprint density at radius 1 is 1.03 bits per heavy atom. The smallest absolute Gasteiger partial charge is 0.244 e. The highest BCUT2D eigenvalue weighted by atomic mass is 35.5. The van der Waals surface area contributed by atoms with Gasteiger partial charge in [0.15, 0.2) is 5.78 Å². The largest absolute Gasteiger partial charge is 0.370 e. The van der Waals surface area contributed by atoms with E-state index in [0.29, 0.717) is 21.8 Å². The second-order valence-electron chi connectivity index (χ2n) is 9.04. The number of ketones is 1. The number of hydrogen-bond donors (Lipinski definition) is 2. The Labute approximate surface area is 215 Å². The van der Waals surface area contributed by atoms with E-state index in [-0.39, 0.29) is 17.8 Å². The maximum absolute atomic E-state index is 13.6. The summed E-state index contributed by atoms with van der Waals surface area (Å²) in [4.78, 5) is 39.8. The van der Waals surface area contributed by atoms with Crippen molar-refractivity contribution in [3.8, 4) is 5.69 Å². The molecule has 1 aliphatic heterocycles. The molecule has 1 saturated heterocycles. The molecule has 0 aliphatic carbocycles. The van der Waals surface area contributed by atoms with Crippen molar-refractivity contribution in [2.24, 2.45) is 5.73 Å². The molecule has 0 radical (unpaired) electrons. The normalized spacial score (nSPS) is 13.0. The van der Waals surface area contributed by atoms with Crippen molar-refractivity contribution in [2.75, 3.05) is 23.3 Å². The molecule has 0 bridgehead atoms. The molecule has 2 heterocycles. The third kappa shape index (κ3) is 5.21. The van der Waals surface area contributed by atoms with E-state index in [4.69, 9.17) is 17.3 Å². The van der Waals surface area contributed by atoms with Gasteiger partial charge in [-0.3, -0.25) is 14.4 Å². The quantitative estimate of drug-likeness (QED) is 0.335. The predicted molar refractivity (Wildman–Crippen MR) is 143 cm³/mol. The van der Waals surface area contributed by atoms with Crippen LogP contribution in [0, 0.1) is 13.8 Å². The zero-order valence-electron chi connectivity index (χ0n) is 20.4. The van der Waals surface area contributed by atoms with Crippen LogP contribution in [0.1, 0.15) is 46.6 Å². The molecule has 0 spiro atoms. The molecular weight excluding hydrogens is 476 g/mol. The molecule has 3 aromatic rings. The van der Waals surface area contributed by atoms with Crippen molar-refractivity contribution in [2.45, 2.75) is 33.1 Å². The zero-order valence-corrected chi connectivity index (χ0v) is 21.2. The second-order valence-corrected chi connectivity index (χ2v) is 9.48. The Morgan fingerprint density at radius 3 is 2.33 bits per heavy atom. The lowest BCUT2D eigenvalue weighted by atomic mass is 10.0. The van der Waals surface area contributed by atoms with Crippen molar-refractivity contribution in [3.63, 3.8) is 0 Å². The number of halogens is 1. The highest BCUT2D eigenvalue weighted by molar-refractivity contribution is 6.30. The van der Waals surface area contributed by atoms with Crippen LogP contribution in [0.25, 0.3) is 5.69 Å². The van der Waals surface area contributed by atoms with E-state index in [9.17, 15) is 14.4 Å². The Morgan fingerprint density at radius 2 is 1.69 bits per heavy atom. The lowest BCUT2D eigenvalue weighted by Crippen LogP contribution is -2.23. The van der Waals surface area contributed by atoms with Gasteiger partial charge in [0.25, 0.3) is 0 Å². The van der Waals surface area contributed by atoms with Crippen LogP contribution in [0.4, 0.5) is 11.4 Å². The van der Waals surface area contributed by atoms with Crippen LogP contribution in [0.3, 0.4) is 0 Å². The number of aryl methyl sites for hydroxylation is 1. The lowest BCUT2D eigenvalue weighted by Gasteiger charge is -2.22. The third-order valence-corrected chi connectivity index (χ3v) is 6.71. The number of nitrogens with zero attached hydrogens (tertiary/aromatic N) is 2.